The highest BCUT2D eigenvalue weighted by Crippen LogP contribution is 2.21. The number of benzene rings is 1. The summed E-state index contributed by atoms with van der Waals surface area (Å²) in [6, 6.07) is 9.64. The Labute approximate surface area is 142 Å². The molecule has 0 radical (unpaired) electrons. The van der Waals surface area contributed by atoms with Crippen LogP contribution in [0.15, 0.2) is 35.5 Å². The molecule has 1 aromatic rings. The molecule has 0 aromatic heterocycles. The molecular weight excluding hydrogens is 336 g/mol. The summed E-state index contributed by atoms with van der Waals surface area (Å²) < 4.78 is 0. The van der Waals surface area contributed by atoms with Gasteiger partial charge in [0.25, 0.3) is 5.91 Å². The molecule has 0 aliphatic carbocycles. The van der Waals surface area contributed by atoms with Crippen molar-refractivity contribution in [2.75, 3.05) is 18.1 Å². The Kier molecular flexibility index (Phi) is 7.28. The summed E-state index contributed by atoms with van der Waals surface area (Å²) in [6.07, 6.45) is 0.0467. The van der Waals surface area contributed by atoms with Gasteiger partial charge in [0, 0.05) is 24.5 Å². The summed E-state index contributed by atoms with van der Waals surface area (Å²) in [4.78, 5) is 27.5. The van der Waals surface area contributed by atoms with Crippen LogP contribution in [0.2, 0.25) is 0 Å². The fourth-order valence-corrected chi connectivity index (χ4v) is 3.78. The van der Waals surface area contributed by atoms with E-state index in [0.717, 1.165) is 17.0 Å². The number of carbonyl (C=O) groups excluding carboxylic acids is 1. The van der Waals surface area contributed by atoms with E-state index in [2.05, 4.69) is 10.5 Å². The molecule has 23 heavy (non-hydrogen) atoms. The highest BCUT2D eigenvalue weighted by Gasteiger charge is 2.28. The Morgan fingerprint density at radius 1 is 1.26 bits per heavy atom. The third-order valence-corrected chi connectivity index (χ3v) is 5.44. The molecule has 1 aromatic carbocycles. The van der Waals surface area contributed by atoms with Crippen LogP contribution in [0, 0.1) is 0 Å². The minimum atomic E-state index is -0.793. The quantitative estimate of drug-likeness (QED) is 0.522. The molecule has 124 valence electrons. The molecule has 0 saturated carbocycles. The average molecular weight is 354 g/mol. The Morgan fingerprint density at radius 3 is 2.74 bits per heavy atom. The number of oxime groups is 1. The number of carbonyl (C=O) groups is 2. The standard InChI is InChI=1S/C15H18N2O4S2/c18-14(19)6-8-22-23-9-7-16-15(20)13-10-12(17-21-13)11-4-2-1-3-5-11/h1-5,13H,6-10H2,(H,16,20)(H,18,19). The zero-order valence-electron chi connectivity index (χ0n) is 12.4. The maximum absolute atomic E-state index is 12.0. The zero-order valence-corrected chi connectivity index (χ0v) is 14.1. The van der Waals surface area contributed by atoms with Gasteiger partial charge in [-0.05, 0) is 5.56 Å². The molecule has 2 rings (SSSR count). The van der Waals surface area contributed by atoms with Gasteiger partial charge in [-0.2, -0.15) is 0 Å². The normalized spacial score (nSPS) is 16.5. The topological polar surface area (TPSA) is 88.0 Å². The SMILES string of the molecule is O=C(O)CCSSCCNC(=O)C1CC(c2ccccc2)=NO1. The third-order valence-electron chi connectivity index (χ3n) is 3.04. The van der Waals surface area contributed by atoms with Crippen LogP contribution in [-0.2, 0) is 14.4 Å². The molecule has 1 amide bonds. The van der Waals surface area contributed by atoms with E-state index in [1.54, 1.807) is 10.8 Å². The van der Waals surface area contributed by atoms with Crippen molar-refractivity contribution in [2.24, 2.45) is 5.16 Å². The second kappa shape index (κ2) is 9.46. The van der Waals surface area contributed by atoms with E-state index < -0.39 is 12.1 Å². The molecule has 0 spiro atoms. The molecular formula is C15H18N2O4S2. The first-order chi connectivity index (χ1) is 11.2. The smallest absolute Gasteiger partial charge is 0.304 e. The van der Waals surface area contributed by atoms with E-state index in [9.17, 15) is 9.59 Å². The lowest BCUT2D eigenvalue weighted by atomic mass is 10.0. The van der Waals surface area contributed by atoms with E-state index >= 15 is 0 Å². The summed E-state index contributed by atoms with van der Waals surface area (Å²) in [5.41, 5.74) is 1.75. The number of rotatable bonds is 9. The number of hydrogen-bond acceptors (Lipinski definition) is 6. The highest BCUT2D eigenvalue weighted by molar-refractivity contribution is 8.76. The van der Waals surface area contributed by atoms with Gasteiger partial charge >= 0.3 is 5.97 Å². The molecule has 1 aliphatic heterocycles. The summed E-state index contributed by atoms with van der Waals surface area (Å²) >= 11 is 0. The maximum atomic E-state index is 12.0. The largest absolute Gasteiger partial charge is 0.481 e. The lowest BCUT2D eigenvalue weighted by molar-refractivity contribution is -0.136. The van der Waals surface area contributed by atoms with Crippen molar-refractivity contribution in [2.45, 2.75) is 18.9 Å². The van der Waals surface area contributed by atoms with Gasteiger partial charge in [-0.3, -0.25) is 9.59 Å². The average Bonchev–Trinajstić information content (AvgIpc) is 3.04. The molecule has 1 aliphatic rings. The van der Waals surface area contributed by atoms with Crippen LogP contribution in [-0.4, -0.2) is 46.8 Å². The number of nitrogens with one attached hydrogen (secondary N) is 1. The van der Waals surface area contributed by atoms with Crippen molar-refractivity contribution in [3.63, 3.8) is 0 Å². The number of carboxylic acid groups (broad SMARTS) is 1. The molecule has 0 bridgehead atoms. The number of nitrogens with zero attached hydrogens (tertiary/aromatic N) is 1. The fraction of sp³-hybridized carbons (Fsp3) is 0.400. The van der Waals surface area contributed by atoms with E-state index in [1.807, 2.05) is 30.3 Å². The van der Waals surface area contributed by atoms with E-state index in [4.69, 9.17) is 9.94 Å². The molecule has 2 N–H and O–H groups in total. The second-order valence-electron chi connectivity index (χ2n) is 4.78. The van der Waals surface area contributed by atoms with Crippen LogP contribution in [0.25, 0.3) is 0 Å². The van der Waals surface area contributed by atoms with Crippen LogP contribution in [0.1, 0.15) is 18.4 Å². The first kappa shape index (κ1) is 17.7. The molecule has 6 nitrogen and oxygen atoms in total. The summed E-state index contributed by atoms with van der Waals surface area (Å²) in [6.45, 7) is 0.518. The van der Waals surface area contributed by atoms with Gasteiger partial charge in [0.15, 0.2) is 0 Å². The van der Waals surface area contributed by atoms with Gasteiger partial charge in [-0.25, -0.2) is 0 Å². The first-order valence-corrected chi connectivity index (χ1v) is 9.67. The summed E-state index contributed by atoms with van der Waals surface area (Å²) in [5.74, 6) is 0.318. The molecule has 1 heterocycles. The fourth-order valence-electron chi connectivity index (χ4n) is 1.90. The molecule has 1 atom stereocenters. The van der Waals surface area contributed by atoms with Gasteiger partial charge in [0.05, 0.1) is 12.1 Å². The van der Waals surface area contributed by atoms with Crippen molar-refractivity contribution < 1.29 is 19.5 Å². The summed E-state index contributed by atoms with van der Waals surface area (Å²) in [7, 11) is 3.04. The van der Waals surface area contributed by atoms with Crippen molar-refractivity contribution >= 4 is 39.2 Å². The predicted octanol–water partition coefficient (Wildman–Crippen LogP) is 2.15. The molecule has 0 fully saturated rings. The van der Waals surface area contributed by atoms with Gasteiger partial charge < -0.3 is 15.3 Å². The van der Waals surface area contributed by atoms with Gasteiger partial charge in [-0.15, -0.1) is 0 Å². The number of amides is 1. The molecule has 8 heteroatoms. The van der Waals surface area contributed by atoms with Crippen LogP contribution in [0.4, 0.5) is 0 Å². The monoisotopic (exact) mass is 354 g/mol. The number of carboxylic acids is 1. The first-order valence-electron chi connectivity index (χ1n) is 7.19. The van der Waals surface area contributed by atoms with Crippen molar-refractivity contribution in [1.29, 1.82) is 0 Å². The van der Waals surface area contributed by atoms with E-state index in [1.165, 1.54) is 10.8 Å². The van der Waals surface area contributed by atoms with Crippen LogP contribution in [0.5, 0.6) is 0 Å². The van der Waals surface area contributed by atoms with E-state index in [-0.39, 0.29) is 12.3 Å². The minimum absolute atomic E-state index is 0.152. The minimum Gasteiger partial charge on any atom is -0.481 e. The van der Waals surface area contributed by atoms with Gasteiger partial charge in [-0.1, -0.05) is 57.1 Å². The van der Waals surface area contributed by atoms with Gasteiger partial charge in [0.2, 0.25) is 6.10 Å². The molecule has 1 unspecified atom stereocenters. The number of hydrogen-bond donors (Lipinski definition) is 2. The highest BCUT2D eigenvalue weighted by atomic mass is 33.1. The Morgan fingerprint density at radius 2 is 2.00 bits per heavy atom. The predicted molar refractivity (Wildman–Crippen MR) is 92.6 cm³/mol. The van der Waals surface area contributed by atoms with Crippen LogP contribution in [0.3, 0.4) is 0 Å². The Balaban J connectivity index is 1.60. The Hall–Kier alpha value is -1.67. The lowest BCUT2D eigenvalue weighted by Crippen LogP contribution is -2.36. The lowest BCUT2D eigenvalue weighted by Gasteiger charge is -2.09. The third kappa shape index (κ3) is 6.15. The maximum Gasteiger partial charge on any atom is 0.304 e. The van der Waals surface area contributed by atoms with Crippen LogP contribution < -0.4 is 5.32 Å². The Bertz CT molecular complexity index is 566. The van der Waals surface area contributed by atoms with Crippen LogP contribution >= 0.6 is 21.6 Å². The molecule has 0 saturated heterocycles. The van der Waals surface area contributed by atoms with Crippen molar-refractivity contribution in [1.82, 2.24) is 5.32 Å². The zero-order chi connectivity index (χ0) is 16.5. The van der Waals surface area contributed by atoms with Crippen molar-refractivity contribution in [3.8, 4) is 0 Å². The number of aliphatic carboxylic acids is 1. The summed E-state index contributed by atoms with van der Waals surface area (Å²) in [5, 5.41) is 15.3. The van der Waals surface area contributed by atoms with Gasteiger partial charge in [0.1, 0.15) is 0 Å². The van der Waals surface area contributed by atoms with E-state index in [0.29, 0.717) is 18.7 Å². The second-order valence-corrected chi connectivity index (χ2v) is 7.48. The van der Waals surface area contributed by atoms with Crippen molar-refractivity contribution in [3.05, 3.63) is 35.9 Å².